The highest BCUT2D eigenvalue weighted by Gasteiger charge is 2.32. The average Bonchev–Trinajstić information content (AvgIpc) is 2.70. The first-order valence-corrected chi connectivity index (χ1v) is 9.97. The van der Waals surface area contributed by atoms with Crippen molar-refractivity contribution in [2.75, 3.05) is 13.2 Å². The van der Waals surface area contributed by atoms with Gasteiger partial charge in [-0.3, -0.25) is 4.90 Å². The zero-order chi connectivity index (χ0) is 19.1. The number of nitrogens with zero attached hydrogens (tertiary/aromatic N) is 1. The van der Waals surface area contributed by atoms with Crippen LogP contribution in [-0.4, -0.2) is 24.1 Å². The molecule has 4 heteroatoms. The van der Waals surface area contributed by atoms with Gasteiger partial charge >= 0.3 is 6.09 Å². The van der Waals surface area contributed by atoms with Gasteiger partial charge in [0.15, 0.2) is 0 Å². The lowest BCUT2D eigenvalue weighted by molar-refractivity contribution is 0.0878. The Hall–Kier alpha value is -2.36. The number of hydrogen-bond acceptors (Lipinski definition) is 2. The summed E-state index contributed by atoms with van der Waals surface area (Å²) >= 11 is 0. The van der Waals surface area contributed by atoms with Crippen molar-refractivity contribution in [3.8, 4) is 0 Å². The fraction of sp³-hybridized carbons (Fsp3) is 0.435. The molecule has 2 aromatic carbocycles. The van der Waals surface area contributed by atoms with E-state index in [0.29, 0.717) is 13.2 Å². The number of ether oxygens (including phenoxy) is 1. The Morgan fingerprint density at radius 2 is 1.81 bits per heavy atom. The minimum atomic E-state index is -0.283. The Morgan fingerprint density at radius 3 is 2.59 bits per heavy atom. The van der Waals surface area contributed by atoms with Gasteiger partial charge in [-0.1, -0.05) is 69.0 Å². The van der Waals surface area contributed by atoms with E-state index in [2.05, 4.69) is 13.0 Å². The van der Waals surface area contributed by atoms with Crippen LogP contribution in [0.1, 0.15) is 61.8 Å². The van der Waals surface area contributed by atoms with E-state index in [1.165, 1.54) is 37.0 Å². The number of fused-ring (bicyclic) bond motifs is 1. The lowest BCUT2D eigenvalue weighted by Gasteiger charge is -2.37. The van der Waals surface area contributed by atoms with Gasteiger partial charge in [0.25, 0.3) is 0 Å². The maximum atomic E-state index is 13.4. The van der Waals surface area contributed by atoms with E-state index in [-0.39, 0.29) is 18.0 Å². The summed E-state index contributed by atoms with van der Waals surface area (Å²) < 4.78 is 19.0. The van der Waals surface area contributed by atoms with E-state index in [0.717, 1.165) is 30.4 Å². The normalized spacial score (nSPS) is 16.1. The average molecular weight is 369 g/mol. The van der Waals surface area contributed by atoms with E-state index >= 15 is 0 Å². The summed E-state index contributed by atoms with van der Waals surface area (Å²) in [5.74, 6) is -0.274. The summed E-state index contributed by atoms with van der Waals surface area (Å²) in [5, 5.41) is 0. The largest absolute Gasteiger partial charge is 0.449 e. The summed E-state index contributed by atoms with van der Waals surface area (Å²) in [6.45, 7) is 3.24. The van der Waals surface area contributed by atoms with Crippen molar-refractivity contribution in [1.82, 2.24) is 4.90 Å². The van der Waals surface area contributed by atoms with Crippen molar-refractivity contribution in [3.05, 3.63) is 71.0 Å². The Bertz CT molecular complexity index is 744. The Morgan fingerprint density at radius 1 is 1.07 bits per heavy atom. The molecule has 27 heavy (non-hydrogen) atoms. The smallest absolute Gasteiger partial charge is 0.410 e. The molecule has 0 aliphatic carbocycles. The summed E-state index contributed by atoms with van der Waals surface area (Å²) in [7, 11) is 0. The topological polar surface area (TPSA) is 29.5 Å². The fourth-order valence-corrected chi connectivity index (χ4v) is 3.72. The molecule has 3 rings (SSSR count). The van der Waals surface area contributed by atoms with E-state index in [4.69, 9.17) is 4.74 Å². The number of carbonyl (C=O) groups is 1. The number of halogens is 1. The molecule has 1 heterocycles. The second-order valence-corrected chi connectivity index (χ2v) is 7.12. The molecule has 1 aliphatic heterocycles. The van der Waals surface area contributed by atoms with Gasteiger partial charge in [0.1, 0.15) is 5.82 Å². The van der Waals surface area contributed by atoms with Crippen LogP contribution in [0.15, 0.2) is 48.5 Å². The SMILES string of the molecule is CCCCCCCOC(=O)N1CCc2ccccc2[C@@H]1c1ccc(F)cc1. The maximum absolute atomic E-state index is 13.4. The number of rotatable bonds is 7. The van der Waals surface area contributed by atoms with E-state index in [9.17, 15) is 9.18 Å². The van der Waals surface area contributed by atoms with Gasteiger partial charge in [0.05, 0.1) is 12.6 Å². The van der Waals surface area contributed by atoms with Gasteiger partial charge in [-0.05, 0) is 41.7 Å². The monoisotopic (exact) mass is 369 g/mol. The van der Waals surface area contributed by atoms with Gasteiger partial charge < -0.3 is 4.74 Å². The van der Waals surface area contributed by atoms with Gasteiger partial charge in [-0.25, -0.2) is 9.18 Å². The fourth-order valence-electron chi connectivity index (χ4n) is 3.72. The minimum absolute atomic E-state index is 0.233. The van der Waals surface area contributed by atoms with Crippen molar-refractivity contribution in [2.24, 2.45) is 0 Å². The van der Waals surface area contributed by atoms with Crippen molar-refractivity contribution < 1.29 is 13.9 Å². The molecular weight excluding hydrogens is 341 g/mol. The zero-order valence-electron chi connectivity index (χ0n) is 16.0. The second kappa shape index (κ2) is 9.54. The summed E-state index contributed by atoms with van der Waals surface area (Å²) in [6.07, 6.45) is 6.12. The van der Waals surface area contributed by atoms with Crippen LogP contribution in [0.2, 0.25) is 0 Å². The van der Waals surface area contributed by atoms with E-state index < -0.39 is 0 Å². The van der Waals surface area contributed by atoms with Crippen molar-refractivity contribution in [3.63, 3.8) is 0 Å². The number of hydrogen-bond donors (Lipinski definition) is 0. The Balaban J connectivity index is 1.73. The summed E-state index contributed by atoms with van der Waals surface area (Å²) in [4.78, 5) is 14.6. The van der Waals surface area contributed by atoms with Crippen molar-refractivity contribution in [2.45, 2.75) is 51.5 Å². The van der Waals surface area contributed by atoms with Crippen LogP contribution in [0.5, 0.6) is 0 Å². The van der Waals surface area contributed by atoms with Gasteiger partial charge in [0, 0.05) is 6.54 Å². The van der Waals surface area contributed by atoms with Gasteiger partial charge in [-0.15, -0.1) is 0 Å². The number of carbonyl (C=O) groups excluding carboxylic acids is 1. The quantitative estimate of drug-likeness (QED) is 0.570. The summed E-state index contributed by atoms with van der Waals surface area (Å²) in [6, 6.07) is 14.3. The van der Waals surface area contributed by atoms with Gasteiger partial charge in [-0.2, -0.15) is 0 Å². The number of benzene rings is 2. The molecule has 0 fully saturated rings. The van der Waals surface area contributed by atoms with Gasteiger partial charge in [0.2, 0.25) is 0 Å². The molecule has 1 aliphatic rings. The molecule has 0 spiro atoms. The molecule has 0 radical (unpaired) electrons. The highest BCUT2D eigenvalue weighted by Crippen LogP contribution is 2.35. The van der Waals surface area contributed by atoms with Crippen LogP contribution in [0.25, 0.3) is 0 Å². The molecule has 0 aromatic heterocycles. The maximum Gasteiger partial charge on any atom is 0.410 e. The van der Waals surface area contributed by atoms with Crippen LogP contribution in [0, 0.1) is 5.82 Å². The van der Waals surface area contributed by atoms with Crippen LogP contribution in [0.3, 0.4) is 0 Å². The predicted molar refractivity (Wildman–Crippen MR) is 105 cm³/mol. The summed E-state index contributed by atoms with van der Waals surface area (Å²) in [5.41, 5.74) is 3.23. The predicted octanol–water partition coefficient (Wildman–Crippen LogP) is 5.88. The Labute approximate surface area is 161 Å². The molecule has 144 valence electrons. The van der Waals surface area contributed by atoms with Crippen molar-refractivity contribution >= 4 is 6.09 Å². The van der Waals surface area contributed by atoms with Crippen LogP contribution < -0.4 is 0 Å². The van der Waals surface area contributed by atoms with E-state index in [1.807, 2.05) is 18.2 Å². The third-order valence-electron chi connectivity index (χ3n) is 5.18. The number of amides is 1. The molecule has 0 saturated carbocycles. The highest BCUT2D eigenvalue weighted by molar-refractivity contribution is 5.70. The molecule has 0 saturated heterocycles. The lowest BCUT2D eigenvalue weighted by Crippen LogP contribution is -2.41. The molecular formula is C23H28FNO2. The second-order valence-electron chi connectivity index (χ2n) is 7.12. The first-order chi connectivity index (χ1) is 13.2. The minimum Gasteiger partial charge on any atom is -0.449 e. The number of unbranched alkanes of at least 4 members (excludes halogenated alkanes) is 4. The van der Waals surface area contributed by atoms with Crippen LogP contribution in [-0.2, 0) is 11.2 Å². The Kier molecular flexibility index (Phi) is 6.86. The molecule has 0 bridgehead atoms. The van der Waals surface area contributed by atoms with E-state index in [1.54, 1.807) is 17.0 Å². The zero-order valence-corrected chi connectivity index (χ0v) is 16.0. The molecule has 3 nitrogen and oxygen atoms in total. The molecule has 1 amide bonds. The molecule has 0 N–H and O–H groups in total. The lowest BCUT2D eigenvalue weighted by atomic mass is 9.88. The standard InChI is InChI=1S/C23H28FNO2/c1-2-3-4-5-8-17-27-23(26)25-16-15-18-9-6-7-10-21(18)22(25)19-11-13-20(24)14-12-19/h6-7,9-14,22H,2-5,8,15-17H2,1H3/t22-/m0/s1. The van der Waals surface area contributed by atoms with Crippen LogP contribution >= 0.6 is 0 Å². The molecule has 0 unspecified atom stereocenters. The first-order valence-electron chi connectivity index (χ1n) is 9.97. The third kappa shape index (κ3) is 4.88. The third-order valence-corrected chi connectivity index (χ3v) is 5.18. The van der Waals surface area contributed by atoms with Crippen LogP contribution in [0.4, 0.5) is 9.18 Å². The highest BCUT2D eigenvalue weighted by atomic mass is 19.1. The molecule has 1 atom stereocenters. The van der Waals surface area contributed by atoms with Crippen molar-refractivity contribution in [1.29, 1.82) is 0 Å². The first kappa shape index (κ1) is 19.4. The molecule has 2 aromatic rings.